The van der Waals surface area contributed by atoms with Crippen molar-refractivity contribution in [2.75, 3.05) is 35.7 Å². The van der Waals surface area contributed by atoms with E-state index < -0.39 is 0 Å². The number of nitrogens with one attached hydrogen (secondary N) is 3. The zero-order chi connectivity index (χ0) is 24.6. The molecule has 0 saturated carbocycles. The molecule has 0 spiro atoms. The van der Waals surface area contributed by atoms with Gasteiger partial charge in [-0.25, -0.2) is 4.79 Å². The molecule has 1 aliphatic rings. The maximum atomic E-state index is 12.9. The summed E-state index contributed by atoms with van der Waals surface area (Å²) in [5, 5.41) is 8.80. The Morgan fingerprint density at radius 2 is 1.57 bits per heavy atom. The van der Waals surface area contributed by atoms with E-state index in [0.29, 0.717) is 17.8 Å². The van der Waals surface area contributed by atoms with E-state index in [1.807, 2.05) is 60.7 Å². The van der Waals surface area contributed by atoms with Crippen LogP contribution in [0.2, 0.25) is 0 Å². The molecule has 7 nitrogen and oxygen atoms in total. The van der Waals surface area contributed by atoms with Gasteiger partial charge in [0.1, 0.15) is 5.75 Å². The van der Waals surface area contributed by atoms with Crippen molar-refractivity contribution >= 4 is 29.0 Å². The molecule has 3 amide bonds. The van der Waals surface area contributed by atoms with E-state index in [4.69, 9.17) is 4.74 Å². The second-order valence-corrected chi connectivity index (χ2v) is 8.59. The van der Waals surface area contributed by atoms with Gasteiger partial charge in [0.2, 0.25) is 0 Å². The Morgan fingerprint density at radius 1 is 0.886 bits per heavy atom. The van der Waals surface area contributed by atoms with Crippen LogP contribution in [0.3, 0.4) is 0 Å². The first-order valence-electron chi connectivity index (χ1n) is 12.0. The fourth-order valence-electron chi connectivity index (χ4n) is 4.15. The lowest BCUT2D eigenvalue weighted by molar-refractivity contribution is 0.0951. The van der Waals surface area contributed by atoms with Crippen LogP contribution in [0.4, 0.5) is 21.9 Å². The zero-order valence-corrected chi connectivity index (χ0v) is 20.3. The summed E-state index contributed by atoms with van der Waals surface area (Å²) < 4.78 is 5.18. The summed E-state index contributed by atoms with van der Waals surface area (Å²) in [6, 6.07) is 20.5. The average molecular weight is 473 g/mol. The SMILES string of the molecule is CCc1ccc(NC(=O)Nc2cc(C(=O)NCc3ccc(OC)cc3)ccc2N2CCCC2)cc1. The van der Waals surface area contributed by atoms with E-state index in [1.165, 1.54) is 5.56 Å². The molecule has 3 aromatic carbocycles. The van der Waals surface area contributed by atoms with Gasteiger partial charge in [0, 0.05) is 30.9 Å². The minimum atomic E-state index is -0.342. The van der Waals surface area contributed by atoms with Crippen LogP contribution in [-0.4, -0.2) is 32.1 Å². The monoisotopic (exact) mass is 472 g/mol. The number of ether oxygens (including phenoxy) is 1. The molecular weight excluding hydrogens is 440 g/mol. The van der Waals surface area contributed by atoms with E-state index in [2.05, 4.69) is 27.8 Å². The van der Waals surface area contributed by atoms with Crippen LogP contribution in [0.1, 0.15) is 41.3 Å². The molecule has 4 rings (SSSR count). The van der Waals surface area contributed by atoms with Crippen molar-refractivity contribution in [2.45, 2.75) is 32.7 Å². The molecule has 0 radical (unpaired) electrons. The Balaban J connectivity index is 1.47. The molecular formula is C28H32N4O3. The van der Waals surface area contributed by atoms with Crippen molar-refractivity contribution < 1.29 is 14.3 Å². The summed E-state index contributed by atoms with van der Waals surface area (Å²) in [4.78, 5) is 27.9. The average Bonchev–Trinajstić information content (AvgIpc) is 3.43. The number of carbonyl (C=O) groups is 2. The Morgan fingerprint density at radius 3 is 2.23 bits per heavy atom. The van der Waals surface area contributed by atoms with Gasteiger partial charge in [0.25, 0.3) is 5.91 Å². The minimum Gasteiger partial charge on any atom is -0.497 e. The zero-order valence-electron chi connectivity index (χ0n) is 20.3. The Labute approximate surface area is 206 Å². The van der Waals surface area contributed by atoms with Crippen molar-refractivity contribution in [3.8, 4) is 5.75 Å². The van der Waals surface area contributed by atoms with E-state index in [9.17, 15) is 9.59 Å². The van der Waals surface area contributed by atoms with Crippen molar-refractivity contribution in [3.05, 3.63) is 83.4 Å². The third-order valence-corrected chi connectivity index (χ3v) is 6.19. The van der Waals surface area contributed by atoms with Crippen molar-refractivity contribution in [1.29, 1.82) is 0 Å². The van der Waals surface area contributed by atoms with Crippen LogP contribution in [0.5, 0.6) is 5.75 Å². The highest BCUT2D eigenvalue weighted by molar-refractivity contribution is 6.04. The summed E-state index contributed by atoms with van der Waals surface area (Å²) in [7, 11) is 1.62. The summed E-state index contributed by atoms with van der Waals surface area (Å²) in [6.07, 6.45) is 3.16. The molecule has 3 aromatic rings. The number of hydrogen-bond donors (Lipinski definition) is 3. The van der Waals surface area contributed by atoms with Gasteiger partial charge in [-0.3, -0.25) is 4.79 Å². The number of hydrogen-bond acceptors (Lipinski definition) is 4. The fraction of sp³-hybridized carbons (Fsp3) is 0.286. The molecule has 35 heavy (non-hydrogen) atoms. The first-order valence-corrected chi connectivity index (χ1v) is 12.0. The van der Waals surface area contributed by atoms with Crippen LogP contribution in [0.25, 0.3) is 0 Å². The molecule has 1 saturated heterocycles. The minimum absolute atomic E-state index is 0.201. The molecule has 0 atom stereocenters. The van der Waals surface area contributed by atoms with Crippen molar-refractivity contribution in [2.24, 2.45) is 0 Å². The number of carbonyl (C=O) groups excluding carboxylic acids is 2. The Kier molecular flexibility index (Phi) is 7.88. The van der Waals surface area contributed by atoms with Crippen molar-refractivity contribution in [3.63, 3.8) is 0 Å². The van der Waals surface area contributed by atoms with Gasteiger partial charge in [-0.15, -0.1) is 0 Å². The Hall–Kier alpha value is -4.00. The molecule has 1 fully saturated rings. The molecule has 0 aliphatic carbocycles. The number of anilines is 3. The number of amides is 3. The summed E-state index contributed by atoms with van der Waals surface area (Å²) in [5.41, 5.74) is 4.93. The number of nitrogens with zero attached hydrogens (tertiary/aromatic N) is 1. The first kappa shape index (κ1) is 24.1. The van der Waals surface area contributed by atoms with Crippen LogP contribution >= 0.6 is 0 Å². The largest absolute Gasteiger partial charge is 0.497 e. The van der Waals surface area contributed by atoms with Crippen LogP contribution in [0, 0.1) is 0 Å². The number of rotatable bonds is 8. The predicted molar refractivity (Wildman–Crippen MR) is 141 cm³/mol. The predicted octanol–water partition coefficient (Wildman–Crippen LogP) is 5.43. The van der Waals surface area contributed by atoms with E-state index >= 15 is 0 Å². The van der Waals surface area contributed by atoms with Gasteiger partial charge in [0.05, 0.1) is 18.5 Å². The summed E-state index contributed by atoms with van der Waals surface area (Å²) in [5.74, 6) is 0.570. The highest BCUT2D eigenvalue weighted by atomic mass is 16.5. The lowest BCUT2D eigenvalue weighted by Gasteiger charge is -2.22. The summed E-state index contributed by atoms with van der Waals surface area (Å²) >= 11 is 0. The van der Waals surface area contributed by atoms with Gasteiger partial charge in [-0.1, -0.05) is 31.2 Å². The van der Waals surface area contributed by atoms with Crippen LogP contribution in [0.15, 0.2) is 66.7 Å². The molecule has 1 aliphatic heterocycles. The molecule has 0 unspecified atom stereocenters. The van der Waals surface area contributed by atoms with Gasteiger partial charge < -0.3 is 25.6 Å². The van der Waals surface area contributed by atoms with Gasteiger partial charge in [-0.05, 0) is 72.9 Å². The number of aryl methyl sites for hydroxylation is 1. The summed E-state index contributed by atoms with van der Waals surface area (Å²) in [6.45, 7) is 4.35. The van der Waals surface area contributed by atoms with Gasteiger partial charge >= 0.3 is 6.03 Å². The number of benzene rings is 3. The lowest BCUT2D eigenvalue weighted by atomic mass is 10.1. The van der Waals surface area contributed by atoms with E-state index in [-0.39, 0.29) is 11.9 Å². The van der Waals surface area contributed by atoms with Crippen LogP contribution in [-0.2, 0) is 13.0 Å². The highest BCUT2D eigenvalue weighted by Gasteiger charge is 2.19. The number of urea groups is 1. The quantitative estimate of drug-likeness (QED) is 0.408. The molecule has 1 heterocycles. The lowest BCUT2D eigenvalue weighted by Crippen LogP contribution is -2.26. The second kappa shape index (κ2) is 11.4. The van der Waals surface area contributed by atoms with E-state index in [0.717, 1.165) is 55.0 Å². The Bertz CT molecular complexity index is 1150. The third kappa shape index (κ3) is 6.32. The number of methoxy groups -OCH3 is 1. The standard InChI is InChI=1S/C28H32N4O3/c1-3-20-6-11-23(12-7-20)30-28(34)31-25-18-22(10-15-26(25)32-16-4-5-17-32)27(33)29-19-21-8-13-24(35-2)14-9-21/h6-15,18H,3-5,16-17,19H2,1-2H3,(H,29,33)(H2,30,31,34). The topological polar surface area (TPSA) is 82.7 Å². The molecule has 3 N–H and O–H groups in total. The normalized spacial score (nSPS) is 12.8. The molecule has 0 bridgehead atoms. The van der Waals surface area contributed by atoms with Gasteiger partial charge in [-0.2, -0.15) is 0 Å². The van der Waals surface area contributed by atoms with Gasteiger partial charge in [0.15, 0.2) is 0 Å². The maximum absolute atomic E-state index is 12.9. The first-order chi connectivity index (χ1) is 17.1. The third-order valence-electron chi connectivity index (χ3n) is 6.19. The van der Waals surface area contributed by atoms with E-state index in [1.54, 1.807) is 13.2 Å². The maximum Gasteiger partial charge on any atom is 0.323 e. The van der Waals surface area contributed by atoms with Crippen molar-refractivity contribution in [1.82, 2.24) is 5.32 Å². The molecule has 0 aromatic heterocycles. The smallest absolute Gasteiger partial charge is 0.323 e. The highest BCUT2D eigenvalue weighted by Crippen LogP contribution is 2.30. The molecule has 7 heteroatoms. The molecule has 182 valence electrons. The second-order valence-electron chi connectivity index (χ2n) is 8.59. The van der Waals surface area contributed by atoms with Crippen LogP contribution < -0.4 is 25.6 Å². The fourth-order valence-corrected chi connectivity index (χ4v) is 4.15.